The number of carbonyl (C=O) groups excluding carboxylic acids is 1. The summed E-state index contributed by atoms with van der Waals surface area (Å²) in [5.41, 5.74) is 2.34. The van der Waals surface area contributed by atoms with Gasteiger partial charge in [0.05, 0.1) is 18.8 Å². The highest BCUT2D eigenvalue weighted by Crippen LogP contribution is 2.44. The van der Waals surface area contributed by atoms with E-state index in [4.69, 9.17) is 4.74 Å². The van der Waals surface area contributed by atoms with Gasteiger partial charge in [-0.1, -0.05) is 25.3 Å². The van der Waals surface area contributed by atoms with Crippen LogP contribution >= 0.6 is 11.9 Å². The van der Waals surface area contributed by atoms with Crippen molar-refractivity contribution in [3.63, 3.8) is 0 Å². The normalized spacial score (nSPS) is 18.5. The second kappa shape index (κ2) is 9.64. The summed E-state index contributed by atoms with van der Waals surface area (Å²) in [6.45, 7) is 14.7. The van der Waals surface area contributed by atoms with Gasteiger partial charge in [-0.3, -0.25) is 9.40 Å². The van der Waals surface area contributed by atoms with Crippen LogP contribution < -0.4 is 10.0 Å². The lowest BCUT2D eigenvalue weighted by Crippen LogP contribution is -2.30. The Bertz CT molecular complexity index is 688. The molecule has 0 aromatic carbocycles. The summed E-state index contributed by atoms with van der Waals surface area (Å²) in [6, 6.07) is 1.67. The van der Waals surface area contributed by atoms with E-state index in [-0.39, 0.29) is 12.1 Å². The molecule has 0 bridgehead atoms. The zero-order chi connectivity index (χ0) is 19.1. The Balaban J connectivity index is 0.000000552. The zero-order valence-electron chi connectivity index (χ0n) is 15.7. The molecule has 1 aliphatic heterocycles. The fourth-order valence-electron chi connectivity index (χ4n) is 2.36. The number of ether oxygens (including phenoxy) is 1. The van der Waals surface area contributed by atoms with Gasteiger partial charge in [-0.15, -0.1) is 0 Å². The van der Waals surface area contributed by atoms with Crippen molar-refractivity contribution >= 4 is 18.0 Å². The molecule has 1 aliphatic carbocycles. The molecule has 26 heavy (non-hydrogen) atoms. The number of allylic oxidation sites excluding steroid dienone is 3. The Labute approximate surface area is 159 Å². The van der Waals surface area contributed by atoms with E-state index in [1.165, 1.54) is 24.8 Å². The number of hydrogen-bond donors (Lipinski definition) is 2. The van der Waals surface area contributed by atoms with Crippen molar-refractivity contribution in [2.24, 2.45) is 5.92 Å². The Kier molecular flexibility index (Phi) is 7.53. The molecule has 1 atom stereocenters. The first kappa shape index (κ1) is 20.3. The lowest BCUT2D eigenvalue weighted by molar-refractivity contribution is 0.00273. The predicted octanol–water partition coefficient (Wildman–Crippen LogP) is 4.34. The molecule has 2 aliphatic rings. The summed E-state index contributed by atoms with van der Waals surface area (Å²) in [4.78, 5) is 11.8. The van der Waals surface area contributed by atoms with Crippen LogP contribution in [0.5, 0.6) is 0 Å². The number of nitrogens with zero attached hydrogens (tertiary/aromatic N) is 2. The molecule has 0 saturated heterocycles. The number of carbonyl (C=O) groups is 1. The maximum atomic E-state index is 11.8. The molecule has 0 radical (unpaired) electrons. The van der Waals surface area contributed by atoms with Crippen molar-refractivity contribution in [3.05, 3.63) is 48.3 Å². The minimum absolute atomic E-state index is 0.160. The second-order valence-electron chi connectivity index (χ2n) is 6.34. The fourth-order valence-corrected chi connectivity index (χ4v) is 2.93. The van der Waals surface area contributed by atoms with Crippen LogP contribution in [-0.4, -0.2) is 22.4 Å². The van der Waals surface area contributed by atoms with Crippen LogP contribution in [0.15, 0.2) is 47.7 Å². The predicted molar refractivity (Wildman–Crippen MR) is 106 cm³/mol. The molecule has 2 N–H and O–H groups in total. The maximum absolute atomic E-state index is 11.8. The van der Waals surface area contributed by atoms with E-state index >= 15 is 0 Å². The van der Waals surface area contributed by atoms with Crippen LogP contribution in [0.4, 0.5) is 4.79 Å². The second-order valence-corrected chi connectivity index (χ2v) is 7.17. The number of rotatable bonds is 5. The van der Waals surface area contributed by atoms with Crippen molar-refractivity contribution in [2.45, 2.75) is 51.3 Å². The van der Waals surface area contributed by atoms with Gasteiger partial charge in [-0.2, -0.15) is 5.10 Å². The molecule has 1 unspecified atom stereocenters. The van der Waals surface area contributed by atoms with Gasteiger partial charge in [-0.05, 0) is 51.2 Å². The molecule has 0 spiro atoms. The molecule has 142 valence electrons. The Morgan fingerprint density at radius 2 is 2.08 bits per heavy atom. The van der Waals surface area contributed by atoms with Crippen molar-refractivity contribution in [2.75, 3.05) is 6.61 Å². The Hall–Kier alpha value is -1.99. The quantitative estimate of drug-likeness (QED) is 0.456. The average molecular weight is 377 g/mol. The first-order valence-electron chi connectivity index (χ1n) is 8.81. The molecule has 2 amide bonds. The van der Waals surface area contributed by atoms with Gasteiger partial charge in [0.1, 0.15) is 11.1 Å². The van der Waals surface area contributed by atoms with Crippen LogP contribution in [0.25, 0.3) is 0 Å². The smallest absolute Gasteiger partial charge is 0.329 e. The third kappa shape index (κ3) is 5.78. The number of amides is 2. The van der Waals surface area contributed by atoms with E-state index in [0.29, 0.717) is 18.2 Å². The highest BCUT2D eigenvalue weighted by Gasteiger charge is 2.37. The van der Waals surface area contributed by atoms with E-state index < -0.39 is 0 Å². The summed E-state index contributed by atoms with van der Waals surface area (Å²) >= 11 is 1.19. The van der Waals surface area contributed by atoms with E-state index in [1.807, 2.05) is 36.7 Å². The van der Waals surface area contributed by atoms with Crippen LogP contribution in [-0.2, 0) is 11.3 Å². The third-order valence-electron chi connectivity index (χ3n) is 4.09. The monoisotopic (exact) mass is 376 g/mol. The summed E-state index contributed by atoms with van der Waals surface area (Å²) in [7, 11) is 0. The number of fused-ring (bicyclic) bond motifs is 1. The van der Waals surface area contributed by atoms with E-state index in [9.17, 15) is 4.79 Å². The maximum Gasteiger partial charge on any atom is 0.329 e. The third-order valence-corrected chi connectivity index (χ3v) is 4.79. The van der Waals surface area contributed by atoms with Crippen molar-refractivity contribution in [3.8, 4) is 0 Å². The molecule has 1 aromatic heterocycles. The molecule has 1 aromatic rings. The number of urea groups is 1. The SMILES string of the molecule is C/C=C\C.C=C(C)C(=C)NC(=O)NSc1cc2n(n1)CCOC2C1CC1. The van der Waals surface area contributed by atoms with E-state index in [1.54, 1.807) is 6.92 Å². The lowest BCUT2D eigenvalue weighted by atomic mass is 10.1. The molecule has 7 heteroatoms. The Morgan fingerprint density at radius 3 is 2.65 bits per heavy atom. The van der Waals surface area contributed by atoms with Gasteiger partial charge >= 0.3 is 6.03 Å². The van der Waals surface area contributed by atoms with Crippen molar-refractivity contribution in [1.82, 2.24) is 19.8 Å². The van der Waals surface area contributed by atoms with Crippen LogP contribution in [0.1, 0.15) is 45.4 Å². The number of aromatic nitrogens is 2. The number of hydrogen-bond acceptors (Lipinski definition) is 4. The highest BCUT2D eigenvalue weighted by molar-refractivity contribution is 7.97. The molecular weight excluding hydrogens is 348 g/mol. The standard InChI is InChI=1S/C15H20N4O2S.C4H8/c1-9(2)10(3)16-15(20)18-22-13-8-12-14(11-4-5-11)21-7-6-19(12)17-13;1-3-4-2/h8,11,14H,1,3-7H2,2H3,(H2,16,18,20);3-4H,1-2H3/b;4-3-. The molecular formula is C19H28N4O2S. The largest absolute Gasteiger partial charge is 0.370 e. The molecule has 3 rings (SSSR count). The molecule has 1 saturated carbocycles. The molecule has 1 fully saturated rings. The van der Waals surface area contributed by atoms with Crippen LogP contribution in [0.3, 0.4) is 0 Å². The summed E-state index contributed by atoms with van der Waals surface area (Å²) in [5.74, 6) is 0.628. The first-order valence-corrected chi connectivity index (χ1v) is 9.63. The van der Waals surface area contributed by atoms with Gasteiger partial charge in [0.25, 0.3) is 0 Å². The summed E-state index contributed by atoms with van der Waals surface area (Å²) < 4.78 is 10.5. The zero-order valence-corrected chi connectivity index (χ0v) is 16.6. The van der Waals surface area contributed by atoms with Crippen LogP contribution in [0.2, 0.25) is 0 Å². The minimum atomic E-state index is -0.334. The topological polar surface area (TPSA) is 68.2 Å². The first-order chi connectivity index (χ1) is 12.5. The molecule has 2 heterocycles. The average Bonchev–Trinajstić information content (AvgIpc) is 3.38. The van der Waals surface area contributed by atoms with Crippen molar-refractivity contribution < 1.29 is 9.53 Å². The van der Waals surface area contributed by atoms with E-state index in [0.717, 1.165) is 22.8 Å². The van der Waals surface area contributed by atoms with E-state index in [2.05, 4.69) is 28.3 Å². The fraction of sp³-hybridized carbons (Fsp3) is 0.474. The van der Waals surface area contributed by atoms with Gasteiger partial charge in [-0.25, -0.2) is 4.79 Å². The summed E-state index contributed by atoms with van der Waals surface area (Å²) in [6.07, 6.45) is 6.61. The van der Waals surface area contributed by atoms with Gasteiger partial charge in [0.15, 0.2) is 0 Å². The minimum Gasteiger partial charge on any atom is -0.370 e. The van der Waals surface area contributed by atoms with Gasteiger partial charge in [0, 0.05) is 17.6 Å². The lowest BCUT2D eigenvalue weighted by Gasteiger charge is -2.23. The molecule has 6 nitrogen and oxygen atoms in total. The highest BCUT2D eigenvalue weighted by atomic mass is 32.2. The Morgan fingerprint density at radius 1 is 1.38 bits per heavy atom. The summed E-state index contributed by atoms with van der Waals surface area (Å²) in [5, 5.41) is 7.90. The van der Waals surface area contributed by atoms with Gasteiger partial charge < -0.3 is 10.1 Å². The number of nitrogens with one attached hydrogen (secondary N) is 2. The van der Waals surface area contributed by atoms with Crippen LogP contribution in [0, 0.1) is 5.92 Å². The van der Waals surface area contributed by atoms with Gasteiger partial charge in [0.2, 0.25) is 0 Å². The van der Waals surface area contributed by atoms with Crippen molar-refractivity contribution in [1.29, 1.82) is 0 Å².